The van der Waals surface area contributed by atoms with Crippen molar-refractivity contribution in [3.05, 3.63) is 59.9 Å². The Balaban J connectivity index is 1.27. The second kappa shape index (κ2) is 10.9. The summed E-state index contributed by atoms with van der Waals surface area (Å²) < 4.78 is 34.8. The topological polar surface area (TPSA) is 101 Å². The second-order valence-corrected chi connectivity index (χ2v) is 12.8. The summed E-state index contributed by atoms with van der Waals surface area (Å²) in [6, 6.07) is 14.5. The van der Waals surface area contributed by atoms with Crippen LogP contribution < -0.4 is 4.90 Å². The lowest BCUT2D eigenvalue weighted by Crippen LogP contribution is -2.45. The van der Waals surface area contributed by atoms with Gasteiger partial charge in [-0.3, -0.25) is 4.90 Å². The van der Waals surface area contributed by atoms with Crippen LogP contribution in [0.3, 0.4) is 0 Å². The summed E-state index contributed by atoms with van der Waals surface area (Å²) in [5.41, 5.74) is 4.88. The number of likely N-dealkylation sites (tertiary alicyclic amines) is 1. The summed E-state index contributed by atoms with van der Waals surface area (Å²) in [5, 5.41) is 9.82. The molecular formula is C28H36N8O3S. The molecule has 6 rings (SSSR count). The molecule has 2 aliphatic heterocycles. The van der Waals surface area contributed by atoms with Crippen LogP contribution in [0.5, 0.6) is 0 Å². The first-order chi connectivity index (χ1) is 19.2. The number of piperidine rings is 1. The van der Waals surface area contributed by atoms with E-state index in [0.717, 1.165) is 73.3 Å². The minimum atomic E-state index is -3.18. The van der Waals surface area contributed by atoms with Gasteiger partial charge in [-0.2, -0.15) is 14.7 Å². The number of benzene rings is 1. The van der Waals surface area contributed by atoms with E-state index >= 15 is 0 Å². The van der Waals surface area contributed by atoms with Gasteiger partial charge in [0.1, 0.15) is 5.82 Å². The van der Waals surface area contributed by atoms with Crippen LogP contribution in [-0.4, -0.2) is 101 Å². The summed E-state index contributed by atoms with van der Waals surface area (Å²) in [6.45, 7) is 7.32. The summed E-state index contributed by atoms with van der Waals surface area (Å²) >= 11 is 0. The minimum Gasteiger partial charge on any atom is -0.378 e. The first kappa shape index (κ1) is 26.9. The van der Waals surface area contributed by atoms with Gasteiger partial charge >= 0.3 is 0 Å². The third-order valence-corrected chi connectivity index (χ3v) is 9.24. The van der Waals surface area contributed by atoms with Crippen LogP contribution in [0.15, 0.2) is 48.7 Å². The Kier molecular flexibility index (Phi) is 7.34. The highest BCUT2D eigenvalue weighted by molar-refractivity contribution is 7.88. The van der Waals surface area contributed by atoms with Gasteiger partial charge in [-0.15, -0.1) is 0 Å². The summed E-state index contributed by atoms with van der Waals surface area (Å²) in [7, 11) is -1.51. The standard InChI is InChI=1S/C28H36N8O3S/c1-21-5-4-6-22(17-21)25-9-12-35(31-25)26-19-28(34-13-15-39-16-14-34)36-27(29-26)18-23(30-36)20-33-10-7-24(8-11-33)32(2)40(3,37)38/h4-6,9,12,17-19,24H,7-8,10-11,13-16,20H2,1-3H3. The summed E-state index contributed by atoms with van der Waals surface area (Å²) in [5.74, 6) is 1.71. The molecule has 3 aromatic heterocycles. The van der Waals surface area contributed by atoms with Crippen molar-refractivity contribution in [3.8, 4) is 17.1 Å². The predicted octanol–water partition coefficient (Wildman–Crippen LogP) is 2.58. The number of sulfonamides is 1. The number of morpholine rings is 1. The maximum absolute atomic E-state index is 12.0. The van der Waals surface area contributed by atoms with Crippen molar-refractivity contribution in [2.45, 2.75) is 32.4 Å². The molecule has 2 fully saturated rings. The zero-order valence-electron chi connectivity index (χ0n) is 23.3. The SMILES string of the molecule is Cc1cccc(-c2ccn(-c3cc(N4CCOCC4)n4nc(CN5CCC(N(C)S(C)(=O)=O)CC5)cc4n3)n2)c1. The van der Waals surface area contributed by atoms with Gasteiger partial charge in [0.15, 0.2) is 11.5 Å². The fourth-order valence-corrected chi connectivity index (χ4v) is 6.31. The zero-order chi connectivity index (χ0) is 27.9. The van der Waals surface area contributed by atoms with E-state index in [4.69, 9.17) is 19.9 Å². The van der Waals surface area contributed by atoms with Gasteiger partial charge in [0.25, 0.3) is 0 Å². The minimum absolute atomic E-state index is 0.0447. The number of fused-ring (bicyclic) bond motifs is 1. The molecule has 0 saturated carbocycles. The fraction of sp³-hybridized carbons (Fsp3) is 0.464. The third-order valence-electron chi connectivity index (χ3n) is 7.90. The summed E-state index contributed by atoms with van der Waals surface area (Å²) in [6.07, 6.45) is 4.84. The van der Waals surface area contributed by atoms with Crippen LogP contribution in [0.2, 0.25) is 0 Å². The third kappa shape index (κ3) is 5.62. The van der Waals surface area contributed by atoms with Crippen molar-refractivity contribution < 1.29 is 13.2 Å². The van der Waals surface area contributed by atoms with E-state index in [1.807, 2.05) is 33.6 Å². The van der Waals surface area contributed by atoms with Gasteiger partial charge in [-0.1, -0.05) is 23.8 Å². The van der Waals surface area contributed by atoms with Gasteiger partial charge < -0.3 is 9.64 Å². The number of hydrogen-bond acceptors (Lipinski definition) is 8. The van der Waals surface area contributed by atoms with Crippen LogP contribution in [0.25, 0.3) is 22.7 Å². The first-order valence-corrected chi connectivity index (χ1v) is 15.6. The Morgan fingerprint density at radius 1 is 1.02 bits per heavy atom. The summed E-state index contributed by atoms with van der Waals surface area (Å²) in [4.78, 5) is 9.58. The highest BCUT2D eigenvalue weighted by Gasteiger charge is 2.28. The lowest BCUT2D eigenvalue weighted by molar-refractivity contribution is 0.122. The van der Waals surface area contributed by atoms with Gasteiger partial charge in [0.2, 0.25) is 10.0 Å². The van der Waals surface area contributed by atoms with Crippen molar-refractivity contribution in [2.75, 3.05) is 57.6 Å². The Morgan fingerprint density at radius 3 is 2.52 bits per heavy atom. The number of anilines is 1. The number of aryl methyl sites for hydroxylation is 1. The van der Waals surface area contributed by atoms with E-state index in [2.05, 4.69) is 41.0 Å². The van der Waals surface area contributed by atoms with E-state index in [9.17, 15) is 8.42 Å². The Labute approximate surface area is 235 Å². The number of nitrogens with zero attached hydrogens (tertiary/aromatic N) is 8. The van der Waals surface area contributed by atoms with E-state index in [0.29, 0.717) is 19.8 Å². The largest absolute Gasteiger partial charge is 0.378 e. The molecule has 212 valence electrons. The molecule has 12 heteroatoms. The normalized spacial score (nSPS) is 17.8. The van der Waals surface area contributed by atoms with Crippen LogP contribution in [0.4, 0.5) is 5.82 Å². The van der Waals surface area contributed by atoms with Crippen molar-refractivity contribution in [1.29, 1.82) is 0 Å². The van der Waals surface area contributed by atoms with Gasteiger partial charge in [0, 0.05) is 69.7 Å². The average Bonchev–Trinajstić information content (AvgIpc) is 3.60. The van der Waals surface area contributed by atoms with E-state index in [1.54, 1.807) is 7.05 Å². The van der Waals surface area contributed by atoms with Crippen molar-refractivity contribution in [2.24, 2.45) is 0 Å². The zero-order valence-corrected chi connectivity index (χ0v) is 24.1. The van der Waals surface area contributed by atoms with Crippen molar-refractivity contribution in [1.82, 2.24) is 33.6 Å². The first-order valence-electron chi connectivity index (χ1n) is 13.8. The Bertz CT molecular complexity index is 1600. The fourth-order valence-electron chi connectivity index (χ4n) is 5.56. The van der Waals surface area contributed by atoms with Crippen LogP contribution in [0, 0.1) is 6.92 Å². The number of ether oxygens (including phenoxy) is 1. The highest BCUT2D eigenvalue weighted by atomic mass is 32.2. The molecule has 2 aliphatic rings. The number of hydrogen-bond donors (Lipinski definition) is 0. The molecule has 1 aromatic carbocycles. The molecule has 0 spiro atoms. The molecule has 0 radical (unpaired) electrons. The molecule has 0 aliphatic carbocycles. The highest BCUT2D eigenvalue weighted by Crippen LogP contribution is 2.25. The maximum Gasteiger partial charge on any atom is 0.211 e. The van der Waals surface area contributed by atoms with Crippen LogP contribution in [-0.2, 0) is 21.3 Å². The predicted molar refractivity (Wildman–Crippen MR) is 154 cm³/mol. The van der Waals surface area contributed by atoms with Crippen LogP contribution >= 0.6 is 0 Å². The smallest absolute Gasteiger partial charge is 0.211 e. The molecule has 5 heterocycles. The lowest BCUT2D eigenvalue weighted by atomic mass is 10.1. The van der Waals surface area contributed by atoms with Crippen molar-refractivity contribution >= 4 is 21.5 Å². The van der Waals surface area contributed by atoms with Crippen LogP contribution in [0.1, 0.15) is 24.1 Å². The second-order valence-electron chi connectivity index (χ2n) is 10.8. The Hall–Kier alpha value is -3.32. The van der Waals surface area contributed by atoms with E-state index < -0.39 is 10.0 Å². The van der Waals surface area contributed by atoms with E-state index in [-0.39, 0.29) is 6.04 Å². The molecule has 2 saturated heterocycles. The quantitative estimate of drug-likeness (QED) is 0.338. The molecule has 11 nitrogen and oxygen atoms in total. The van der Waals surface area contributed by atoms with Crippen molar-refractivity contribution in [3.63, 3.8) is 0 Å². The molecule has 0 amide bonds. The van der Waals surface area contributed by atoms with Gasteiger partial charge in [-0.25, -0.2) is 22.4 Å². The maximum atomic E-state index is 12.0. The molecule has 40 heavy (non-hydrogen) atoms. The van der Waals surface area contributed by atoms with Gasteiger partial charge in [-0.05, 0) is 31.9 Å². The number of aromatic nitrogens is 5. The number of rotatable bonds is 7. The molecule has 0 bridgehead atoms. The molecule has 0 unspecified atom stereocenters. The van der Waals surface area contributed by atoms with Gasteiger partial charge in [0.05, 0.1) is 30.9 Å². The average molecular weight is 565 g/mol. The lowest BCUT2D eigenvalue weighted by Gasteiger charge is -2.35. The Morgan fingerprint density at radius 2 is 1.80 bits per heavy atom. The molecular weight excluding hydrogens is 528 g/mol. The molecule has 0 atom stereocenters. The monoisotopic (exact) mass is 564 g/mol. The molecule has 4 aromatic rings. The molecule has 0 N–H and O–H groups in total. The van der Waals surface area contributed by atoms with E-state index in [1.165, 1.54) is 16.1 Å².